The number of carbonyl (C=O) groups excluding carboxylic acids is 1. The van der Waals surface area contributed by atoms with Crippen LogP contribution in [0.15, 0.2) is 12.2 Å². The molecule has 14 heavy (non-hydrogen) atoms. The molecule has 2 aliphatic heterocycles. The second-order valence-electron chi connectivity index (χ2n) is 5.24. The van der Waals surface area contributed by atoms with E-state index in [0.29, 0.717) is 5.78 Å². The maximum Gasteiger partial charge on any atom is 0.145 e. The predicted octanol–water partition coefficient (Wildman–Crippen LogP) is 2.09. The second kappa shape index (κ2) is 2.30. The molecule has 0 aromatic rings. The summed E-state index contributed by atoms with van der Waals surface area (Å²) in [6.07, 6.45) is 7.41. The van der Waals surface area contributed by atoms with Crippen LogP contribution in [0.3, 0.4) is 0 Å². The van der Waals surface area contributed by atoms with E-state index in [1.807, 2.05) is 0 Å². The molecule has 2 heterocycles. The van der Waals surface area contributed by atoms with Gasteiger partial charge in [-0.1, -0.05) is 18.6 Å². The molecule has 2 nitrogen and oxygen atoms in total. The van der Waals surface area contributed by atoms with Crippen molar-refractivity contribution < 1.29 is 9.53 Å². The zero-order valence-corrected chi connectivity index (χ0v) is 8.75. The first-order valence-corrected chi connectivity index (χ1v) is 5.49. The number of carbonyl (C=O) groups is 1. The Morgan fingerprint density at radius 3 is 2.21 bits per heavy atom. The third-order valence-corrected chi connectivity index (χ3v) is 4.24. The van der Waals surface area contributed by atoms with E-state index in [-0.39, 0.29) is 23.0 Å². The lowest BCUT2D eigenvalue weighted by molar-refractivity contribution is -0.188. The van der Waals surface area contributed by atoms with Crippen molar-refractivity contribution in [3.63, 3.8) is 0 Å². The Labute approximate surface area is 84.3 Å². The van der Waals surface area contributed by atoms with Crippen LogP contribution in [0.1, 0.15) is 33.1 Å². The van der Waals surface area contributed by atoms with Gasteiger partial charge < -0.3 is 4.74 Å². The van der Waals surface area contributed by atoms with Crippen LogP contribution >= 0.6 is 0 Å². The van der Waals surface area contributed by atoms with Crippen molar-refractivity contribution in [2.45, 2.75) is 44.3 Å². The fraction of sp³-hybridized carbons (Fsp3) is 0.750. The second-order valence-corrected chi connectivity index (χ2v) is 5.24. The monoisotopic (exact) mass is 192 g/mol. The molecule has 2 fully saturated rings. The van der Waals surface area contributed by atoms with Crippen LogP contribution < -0.4 is 0 Å². The number of hydrogen-bond acceptors (Lipinski definition) is 2. The molecular weight excluding hydrogens is 176 g/mol. The summed E-state index contributed by atoms with van der Waals surface area (Å²) in [5, 5.41) is 0. The van der Waals surface area contributed by atoms with E-state index in [4.69, 9.17) is 4.74 Å². The van der Waals surface area contributed by atoms with Gasteiger partial charge in [0, 0.05) is 0 Å². The van der Waals surface area contributed by atoms with E-state index >= 15 is 0 Å². The lowest BCUT2D eigenvalue weighted by Gasteiger charge is -2.49. The minimum atomic E-state index is -0.303. The van der Waals surface area contributed by atoms with Crippen molar-refractivity contribution in [1.29, 1.82) is 0 Å². The maximum atomic E-state index is 12.2. The highest BCUT2D eigenvalue weighted by molar-refractivity contribution is 5.88. The number of rotatable bonds is 0. The molecule has 4 atom stereocenters. The Balaban J connectivity index is 2.12. The number of ether oxygens (including phenoxy) is 1. The predicted molar refractivity (Wildman–Crippen MR) is 52.9 cm³/mol. The van der Waals surface area contributed by atoms with Crippen LogP contribution in [0.25, 0.3) is 0 Å². The van der Waals surface area contributed by atoms with Gasteiger partial charge >= 0.3 is 0 Å². The quantitative estimate of drug-likeness (QED) is 0.549. The lowest BCUT2D eigenvalue weighted by atomic mass is 9.67. The molecule has 1 saturated carbocycles. The van der Waals surface area contributed by atoms with E-state index in [2.05, 4.69) is 26.0 Å². The van der Waals surface area contributed by atoms with Gasteiger partial charge in [0.2, 0.25) is 0 Å². The van der Waals surface area contributed by atoms with Gasteiger partial charge in [0.25, 0.3) is 0 Å². The summed E-state index contributed by atoms with van der Waals surface area (Å²) in [5.74, 6) is 0.679. The molecule has 4 bridgehead atoms. The Morgan fingerprint density at radius 1 is 1.21 bits per heavy atom. The van der Waals surface area contributed by atoms with Crippen LogP contribution in [0.2, 0.25) is 0 Å². The number of Topliss-reactive ketones (excluding diaryl/α,β-unsaturated/α-hetero) is 1. The van der Waals surface area contributed by atoms with E-state index in [1.54, 1.807) is 0 Å². The van der Waals surface area contributed by atoms with Gasteiger partial charge in [0.05, 0.1) is 23.0 Å². The highest BCUT2D eigenvalue weighted by Crippen LogP contribution is 2.52. The first-order valence-electron chi connectivity index (χ1n) is 5.49. The zero-order valence-electron chi connectivity index (χ0n) is 8.75. The molecule has 0 aromatic carbocycles. The molecule has 0 aromatic heterocycles. The molecule has 0 unspecified atom stereocenters. The van der Waals surface area contributed by atoms with Gasteiger partial charge in [-0.05, 0) is 26.7 Å². The smallest absolute Gasteiger partial charge is 0.145 e. The van der Waals surface area contributed by atoms with Gasteiger partial charge in [-0.2, -0.15) is 0 Å². The summed E-state index contributed by atoms with van der Waals surface area (Å²) in [6.45, 7) is 4.11. The van der Waals surface area contributed by atoms with Gasteiger partial charge in [0.1, 0.15) is 5.78 Å². The van der Waals surface area contributed by atoms with Crippen LogP contribution in [0.4, 0.5) is 0 Å². The van der Waals surface area contributed by atoms with Gasteiger partial charge in [-0.15, -0.1) is 0 Å². The van der Waals surface area contributed by atoms with Crippen molar-refractivity contribution in [3.8, 4) is 0 Å². The molecule has 2 heteroatoms. The van der Waals surface area contributed by atoms with Crippen molar-refractivity contribution >= 4 is 5.78 Å². The summed E-state index contributed by atoms with van der Waals surface area (Å²) in [6, 6.07) is 0. The standard InChI is InChI=1S/C12H16O2/c1-11-6-7-12(2,14-11)9-5-3-4-8(11)10(9)13/h6-9H,3-5H2,1-2H3/t8-,9+,11+,12-. The van der Waals surface area contributed by atoms with Crippen molar-refractivity contribution in [1.82, 2.24) is 0 Å². The molecule has 0 radical (unpaired) electrons. The third-order valence-electron chi connectivity index (χ3n) is 4.24. The van der Waals surface area contributed by atoms with E-state index in [9.17, 15) is 4.79 Å². The minimum absolute atomic E-state index is 0.119. The normalized spacial score (nSPS) is 55.1. The van der Waals surface area contributed by atoms with Crippen LogP contribution in [-0.2, 0) is 9.53 Å². The molecule has 1 saturated heterocycles. The third kappa shape index (κ3) is 0.830. The fourth-order valence-corrected chi connectivity index (χ4v) is 3.44. The Hall–Kier alpha value is -0.630. The Bertz CT molecular complexity index is 305. The molecular formula is C12H16O2. The molecule has 0 N–H and O–H groups in total. The largest absolute Gasteiger partial charge is 0.359 e. The van der Waals surface area contributed by atoms with Crippen molar-refractivity contribution in [2.24, 2.45) is 11.8 Å². The van der Waals surface area contributed by atoms with Crippen LogP contribution in [-0.4, -0.2) is 17.0 Å². The number of ketones is 1. The van der Waals surface area contributed by atoms with Gasteiger partial charge in [-0.25, -0.2) is 0 Å². The summed E-state index contributed by atoms with van der Waals surface area (Å²) < 4.78 is 6.08. The number of fused-ring (bicyclic) bond motifs is 6. The lowest BCUT2D eigenvalue weighted by Crippen LogP contribution is -2.57. The summed E-state index contributed by atoms with van der Waals surface area (Å²) in [7, 11) is 0. The fourth-order valence-electron chi connectivity index (χ4n) is 3.44. The topological polar surface area (TPSA) is 26.3 Å². The molecule has 3 aliphatic rings. The van der Waals surface area contributed by atoms with Gasteiger partial charge in [-0.3, -0.25) is 4.79 Å². The van der Waals surface area contributed by atoms with Crippen molar-refractivity contribution in [3.05, 3.63) is 12.2 Å². The van der Waals surface area contributed by atoms with Crippen LogP contribution in [0, 0.1) is 11.8 Å². The molecule has 76 valence electrons. The highest BCUT2D eigenvalue weighted by atomic mass is 16.5. The first kappa shape index (κ1) is 8.66. The van der Waals surface area contributed by atoms with E-state index in [0.717, 1.165) is 12.8 Å². The summed E-state index contributed by atoms with van der Waals surface area (Å²) in [5.41, 5.74) is -0.606. The maximum absolute atomic E-state index is 12.2. The van der Waals surface area contributed by atoms with Crippen molar-refractivity contribution in [2.75, 3.05) is 0 Å². The van der Waals surface area contributed by atoms with E-state index in [1.165, 1.54) is 6.42 Å². The SMILES string of the molecule is C[C@]12C=C[C@](C)(O1)[C@@H]1CCC[C@H]2C1=O. The molecule has 1 aliphatic carbocycles. The summed E-state index contributed by atoms with van der Waals surface area (Å²) in [4.78, 5) is 12.2. The van der Waals surface area contributed by atoms with Crippen LogP contribution in [0.5, 0.6) is 0 Å². The zero-order chi connectivity index (χ0) is 9.97. The van der Waals surface area contributed by atoms with Gasteiger partial charge in [0.15, 0.2) is 0 Å². The Kier molecular flexibility index (Phi) is 1.42. The Morgan fingerprint density at radius 2 is 1.71 bits per heavy atom. The average Bonchev–Trinajstić information content (AvgIpc) is 2.42. The molecule has 0 amide bonds. The molecule has 3 rings (SSSR count). The highest BCUT2D eigenvalue weighted by Gasteiger charge is 2.59. The van der Waals surface area contributed by atoms with E-state index < -0.39 is 0 Å². The number of hydrogen-bond donors (Lipinski definition) is 0. The minimum Gasteiger partial charge on any atom is -0.359 e. The first-order chi connectivity index (χ1) is 6.55. The average molecular weight is 192 g/mol. The molecule has 0 spiro atoms. The summed E-state index contributed by atoms with van der Waals surface area (Å²) >= 11 is 0.